The number of rotatable bonds is 3. The fourth-order valence-corrected chi connectivity index (χ4v) is 2.63. The standard InChI is InChI=1S/C13H15BrN2O/c1-16(8-9-4-12(17)5-9)11-3-2-10(7-15)13(14)6-11/h2-3,6,9,12,17H,4-5,8H2,1H3. The van der Waals surface area contributed by atoms with Gasteiger partial charge in [-0.2, -0.15) is 5.26 Å². The predicted octanol–water partition coefficient (Wildman–Crippen LogP) is 2.53. The minimum Gasteiger partial charge on any atom is -0.393 e. The molecule has 0 saturated heterocycles. The first-order chi connectivity index (χ1) is 8.10. The summed E-state index contributed by atoms with van der Waals surface area (Å²) in [4.78, 5) is 2.17. The number of nitriles is 1. The van der Waals surface area contributed by atoms with Crippen LogP contribution in [0.15, 0.2) is 22.7 Å². The SMILES string of the molecule is CN(CC1CC(O)C1)c1ccc(C#N)c(Br)c1. The monoisotopic (exact) mass is 294 g/mol. The molecule has 1 fully saturated rings. The number of anilines is 1. The molecule has 1 aliphatic rings. The van der Waals surface area contributed by atoms with Crippen molar-refractivity contribution in [2.75, 3.05) is 18.5 Å². The summed E-state index contributed by atoms with van der Waals surface area (Å²) >= 11 is 3.39. The Labute approximate surface area is 110 Å². The highest BCUT2D eigenvalue weighted by Crippen LogP contribution is 2.30. The van der Waals surface area contributed by atoms with Crippen LogP contribution in [0.2, 0.25) is 0 Å². The highest BCUT2D eigenvalue weighted by atomic mass is 79.9. The molecule has 3 nitrogen and oxygen atoms in total. The maximum atomic E-state index is 9.25. The first-order valence-corrected chi connectivity index (χ1v) is 6.48. The Balaban J connectivity index is 2.02. The third-order valence-corrected chi connectivity index (χ3v) is 3.91. The van der Waals surface area contributed by atoms with E-state index in [0.717, 1.165) is 29.5 Å². The highest BCUT2D eigenvalue weighted by Gasteiger charge is 2.28. The number of hydrogen-bond donors (Lipinski definition) is 1. The zero-order valence-corrected chi connectivity index (χ0v) is 11.3. The number of hydrogen-bond acceptors (Lipinski definition) is 3. The number of aliphatic hydroxyl groups excluding tert-OH is 1. The van der Waals surface area contributed by atoms with Gasteiger partial charge in [-0.05, 0) is 52.9 Å². The van der Waals surface area contributed by atoms with E-state index < -0.39 is 0 Å². The molecule has 2 rings (SSSR count). The average molecular weight is 295 g/mol. The van der Waals surface area contributed by atoms with Crippen molar-refractivity contribution in [3.8, 4) is 6.07 Å². The third kappa shape index (κ3) is 2.80. The molecule has 1 saturated carbocycles. The predicted molar refractivity (Wildman–Crippen MR) is 70.9 cm³/mol. The molecule has 0 bridgehead atoms. The van der Waals surface area contributed by atoms with Gasteiger partial charge in [-0.15, -0.1) is 0 Å². The van der Waals surface area contributed by atoms with E-state index in [-0.39, 0.29) is 6.10 Å². The summed E-state index contributed by atoms with van der Waals surface area (Å²) in [5.74, 6) is 0.587. The van der Waals surface area contributed by atoms with E-state index in [9.17, 15) is 5.11 Å². The Morgan fingerprint density at radius 1 is 1.53 bits per heavy atom. The van der Waals surface area contributed by atoms with E-state index in [1.165, 1.54) is 0 Å². The Bertz CT molecular complexity index is 449. The van der Waals surface area contributed by atoms with Gasteiger partial charge in [-0.25, -0.2) is 0 Å². The number of aliphatic hydroxyl groups is 1. The molecule has 4 heteroatoms. The smallest absolute Gasteiger partial charge is 0.100 e. The van der Waals surface area contributed by atoms with Gasteiger partial charge in [0, 0.05) is 23.8 Å². The van der Waals surface area contributed by atoms with Crippen LogP contribution in [0, 0.1) is 17.2 Å². The van der Waals surface area contributed by atoms with E-state index in [1.54, 1.807) is 0 Å². The third-order valence-electron chi connectivity index (χ3n) is 3.26. The summed E-state index contributed by atoms with van der Waals surface area (Å²) in [5.41, 5.74) is 1.75. The maximum absolute atomic E-state index is 9.25. The number of benzene rings is 1. The summed E-state index contributed by atoms with van der Waals surface area (Å²) in [5, 5.41) is 18.1. The first kappa shape index (κ1) is 12.4. The van der Waals surface area contributed by atoms with Crippen molar-refractivity contribution < 1.29 is 5.11 Å². The van der Waals surface area contributed by atoms with E-state index >= 15 is 0 Å². The molecule has 0 atom stereocenters. The lowest BCUT2D eigenvalue weighted by Crippen LogP contribution is -2.37. The van der Waals surface area contributed by atoms with E-state index in [4.69, 9.17) is 5.26 Å². The largest absolute Gasteiger partial charge is 0.393 e. The quantitative estimate of drug-likeness (QED) is 0.932. The minimum atomic E-state index is -0.0962. The molecule has 0 aromatic heterocycles. The highest BCUT2D eigenvalue weighted by molar-refractivity contribution is 9.10. The van der Waals surface area contributed by atoms with Crippen molar-refractivity contribution in [1.29, 1.82) is 5.26 Å². The fraction of sp³-hybridized carbons (Fsp3) is 0.462. The Hall–Kier alpha value is -1.05. The molecule has 0 aliphatic heterocycles. The molecule has 0 amide bonds. The van der Waals surface area contributed by atoms with Gasteiger partial charge in [0.15, 0.2) is 0 Å². The zero-order valence-electron chi connectivity index (χ0n) is 9.73. The molecular formula is C13H15BrN2O. The van der Waals surface area contributed by atoms with Crippen molar-refractivity contribution >= 4 is 21.6 Å². The van der Waals surface area contributed by atoms with Crippen LogP contribution in [0.25, 0.3) is 0 Å². The van der Waals surface area contributed by atoms with Crippen molar-refractivity contribution in [3.63, 3.8) is 0 Å². The summed E-state index contributed by atoms with van der Waals surface area (Å²) in [7, 11) is 2.04. The molecule has 90 valence electrons. The topological polar surface area (TPSA) is 47.3 Å². The number of nitrogens with zero attached hydrogens (tertiary/aromatic N) is 2. The summed E-state index contributed by atoms with van der Waals surface area (Å²) < 4.78 is 0.831. The summed E-state index contributed by atoms with van der Waals surface area (Å²) in [6, 6.07) is 7.88. The van der Waals surface area contributed by atoms with Crippen LogP contribution in [-0.4, -0.2) is 24.8 Å². The van der Waals surface area contributed by atoms with Crippen LogP contribution < -0.4 is 4.90 Å². The van der Waals surface area contributed by atoms with Gasteiger partial charge in [0.05, 0.1) is 11.7 Å². The molecule has 17 heavy (non-hydrogen) atoms. The van der Waals surface area contributed by atoms with Crippen molar-refractivity contribution in [2.45, 2.75) is 18.9 Å². The second kappa shape index (κ2) is 5.07. The normalized spacial score (nSPS) is 22.7. The van der Waals surface area contributed by atoms with Gasteiger partial charge in [0.1, 0.15) is 6.07 Å². The molecule has 1 aromatic carbocycles. The Morgan fingerprint density at radius 3 is 2.76 bits per heavy atom. The van der Waals surface area contributed by atoms with E-state index in [1.807, 2.05) is 25.2 Å². The zero-order chi connectivity index (χ0) is 12.4. The van der Waals surface area contributed by atoms with Crippen LogP contribution in [0.5, 0.6) is 0 Å². The lowest BCUT2D eigenvalue weighted by Gasteiger charge is -2.35. The van der Waals surface area contributed by atoms with Gasteiger partial charge in [0.25, 0.3) is 0 Å². The molecule has 1 N–H and O–H groups in total. The van der Waals surface area contributed by atoms with E-state index in [0.29, 0.717) is 11.5 Å². The van der Waals surface area contributed by atoms with Crippen molar-refractivity contribution in [1.82, 2.24) is 0 Å². The van der Waals surface area contributed by atoms with Gasteiger partial charge in [0.2, 0.25) is 0 Å². The van der Waals surface area contributed by atoms with Gasteiger partial charge in [-0.3, -0.25) is 0 Å². The molecular weight excluding hydrogens is 280 g/mol. The molecule has 0 unspecified atom stereocenters. The van der Waals surface area contributed by atoms with Crippen LogP contribution in [0.1, 0.15) is 18.4 Å². The van der Waals surface area contributed by atoms with Crippen molar-refractivity contribution in [3.05, 3.63) is 28.2 Å². The fourth-order valence-electron chi connectivity index (χ4n) is 2.17. The molecule has 0 heterocycles. The second-order valence-electron chi connectivity index (χ2n) is 4.65. The van der Waals surface area contributed by atoms with Gasteiger partial charge < -0.3 is 10.0 Å². The van der Waals surface area contributed by atoms with Crippen LogP contribution in [0.4, 0.5) is 5.69 Å². The average Bonchev–Trinajstić information content (AvgIpc) is 2.26. The van der Waals surface area contributed by atoms with Gasteiger partial charge >= 0.3 is 0 Å². The summed E-state index contributed by atoms with van der Waals surface area (Å²) in [6.45, 7) is 0.954. The molecule has 1 aromatic rings. The van der Waals surface area contributed by atoms with Crippen LogP contribution in [0.3, 0.4) is 0 Å². The summed E-state index contributed by atoms with van der Waals surface area (Å²) in [6.07, 6.45) is 1.71. The lowest BCUT2D eigenvalue weighted by molar-refractivity contribution is 0.0465. The molecule has 0 spiro atoms. The van der Waals surface area contributed by atoms with Crippen molar-refractivity contribution in [2.24, 2.45) is 5.92 Å². The second-order valence-corrected chi connectivity index (χ2v) is 5.50. The van der Waals surface area contributed by atoms with Crippen LogP contribution in [-0.2, 0) is 0 Å². The van der Waals surface area contributed by atoms with E-state index in [2.05, 4.69) is 26.9 Å². The van der Waals surface area contributed by atoms with Crippen LogP contribution >= 0.6 is 15.9 Å². The lowest BCUT2D eigenvalue weighted by atomic mass is 9.82. The minimum absolute atomic E-state index is 0.0962. The number of halogens is 1. The molecule has 0 radical (unpaired) electrons. The Morgan fingerprint density at radius 2 is 2.24 bits per heavy atom. The molecule has 1 aliphatic carbocycles. The first-order valence-electron chi connectivity index (χ1n) is 5.69. The Kier molecular flexibility index (Phi) is 3.70. The van der Waals surface area contributed by atoms with Gasteiger partial charge in [-0.1, -0.05) is 0 Å². The maximum Gasteiger partial charge on any atom is 0.100 e.